The zero-order valence-corrected chi connectivity index (χ0v) is 12.0. The summed E-state index contributed by atoms with van der Waals surface area (Å²) in [6, 6.07) is 17.0. The van der Waals surface area contributed by atoms with Gasteiger partial charge in [0.25, 0.3) is 5.91 Å². The molecule has 0 fully saturated rings. The zero-order chi connectivity index (χ0) is 13.7. The molecule has 0 radical (unpaired) electrons. The van der Waals surface area contributed by atoms with E-state index in [1.165, 1.54) is 0 Å². The Labute approximate surface area is 121 Å². The molecule has 0 atom stereocenters. The third kappa shape index (κ3) is 3.80. The number of nitrogens with one attached hydrogen (secondary N) is 1. The van der Waals surface area contributed by atoms with E-state index >= 15 is 0 Å². The molecule has 0 heterocycles. The van der Waals surface area contributed by atoms with Crippen LogP contribution in [-0.4, -0.2) is 12.5 Å². The number of benzene rings is 2. The minimum Gasteiger partial charge on any atom is -0.348 e. The molecule has 2 nitrogen and oxygen atoms in total. The van der Waals surface area contributed by atoms with Gasteiger partial charge in [0.1, 0.15) is 0 Å². The summed E-state index contributed by atoms with van der Waals surface area (Å²) in [6.07, 6.45) is 0. The summed E-state index contributed by atoms with van der Waals surface area (Å²) in [5.41, 5.74) is 2.57. The molecule has 0 aliphatic heterocycles. The number of amides is 1. The Bertz CT molecular complexity index is 575. The van der Waals surface area contributed by atoms with Crippen molar-refractivity contribution < 1.29 is 4.79 Å². The summed E-state index contributed by atoms with van der Waals surface area (Å²) in [7, 11) is 0. The molecule has 0 bridgehead atoms. The van der Waals surface area contributed by atoms with Crippen molar-refractivity contribution in [1.82, 2.24) is 5.32 Å². The van der Waals surface area contributed by atoms with E-state index in [0.717, 1.165) is 15.6 Å². The van der Waals surface area contributed by atoms with Crippen LogP contribution in [0.1, 0.15) is 15.9 Å². The van der Waals surface area contributed by atoms with Crippen LogP contribution in [0.2, 0.25) is 0 Å². The Morgan fingerprint density at radius 2 is 1.63 bits per heavy atom. The van der Waals surface area contributed by atoms with E-state index in [1.807, 2.05) is 42.5 Å². The number of hydrogen-bond acceptors (Lipinski definition) is 1. The first-order valence-electron chi connectivity index (χ1n) is 5.94. The van der Waals surface area contributed by atoms with E-state index in [1.54, 1.807) is 12.1 Å². The van der Waals surface area contributed by atoms with Crippen molar-refractivity contribution in [2.45, 2.75) is 0 Å². The van der Waals surface area contributed by atoms with Crippen LogP contribution in [0.15, 0.2) is 65.6 Å². The molecule has 0 saturated carbocycles. The van der Waals surface area contributed by atoms with Gasteiger partial charge in [-0.05, 0) is 35.4 Å². The lowest BCUT2D eigenvalue weighted by Crippen LogP contribution is -2.24. The second-order valence-corrected chi connectivity index (χ2v) is 5.07. The van der Waals surface area contributed by atoms with Crippen LogP contribution in [0.25, 0.3) is 5.57 Å². The van der Waals surface area contributed by atoms with Crippen LogP contribution in [0.3, 0.4) is 0 Å². The van der Waals surface area contributed by atoms with Gasteiger partial charge in [-0.25, -0.2) is 0 Å². The molecule has 3 heteroatoms. The van der Waals surface area contributed by atoms with Crippen LogP contribution >= 0.6 is 15.9 Å². The Balaban J connectivity index is 1.94. The monoisotopic (exact) mass is 315 g/mol. The van der Waals surface area contributed by atoms with Crippen molar-refractivity contribution in [3.05, 3.63) is 76.8 Å². The predicted molar refractivity (Wildman–Crippen MR) is 82.0 cm³/mol. The van der Waals surface area contributed by atoms with Gasteiger partial charge in [0.15, 0.2) is 0 Å². The first-order valence-corrected chi connectivity index (χ1v) is 6.73. The molecule has 0 saturated heterocycles. The second-order valence-electron chi connectivity index (χ2n) is 4.16. The number of halogens is 1. The fourth-order valence-electron chi connectivity index (χ4n) is 1.67. The van der Waals surface area contributed by atoms with Crippen molar-refractivity contribution >= 4 is 27.4 Å². The lowest BCUT2D eigenvalue weighted by molar-refractivity contribution is 0.0958. The maximum absolute atomic E-state index is 11.9. The summed E-state index contributed by atoms with van der Waals surface area (Å²) in [6.45, 7) is 4.43. The van der Waals surface area contributed by atoms with Crippen LogP contribution in [-0.2, 0) is 0 Å². The smallest absolute Gasteiger partial charge is 0.251 e. The maximum Gasteiger partial charge on any atom is 0.251 e. The average Bonchev–Trinajstić information content (AvgIpc) is 2.46. The van der Waals surface area contributed by atoms with E-state index in [9.17, 15) is 4.79 Å². The van der Waals surface area contributed by atoms with E-state index in [4.69, 9.17) is 0 Å². The number of carbonyl (C=O) groups is 1. The Kier molecular flexibility index (Phi) is 4.53. The van der Waals surface area contributed by atoms with E-state index < -0.39 is 0 Å². The standard InChI is InChI=1S/C16H14BrNO/c1-12(13-7-9-15(17)10-8-13)11-18-16(19)14-5-3-2-4-6-14/h2-10H,1,11H2,(H,18,19). The van der Waals surface area contributed by atoms with Gasteiger partial charge in [0.05, 0.1) is 0 Å². The van der Waals surface area contributed by atoms with Crippen LogP contribution in [0, 0.1) is 0 Å². The van der Waals surface area contributed by atoms with Crippen molar-refractivity contribution in [2.24, 2.45) is 0 Å². The fraction of sp³-hybridized carbons (Fsp3) is 0.0625. The molecule has 2 rings (SSSR count). The molecule has 1 N–H and O–H groups in total. The molecule has 19 heavy (non-hydrogen) atoms. The van der Waals surface area contributed by atoms with E-state index in [0.29, 0.717) is 12.1 Å². The first kappa shape index (κ1) is 13.6. The minimum atomic E-state index is -0.0844. The Morgan fingerprint density at radius 3 is 2.26 bits per heavy atom. The highest BCUT2D eigenvalue weighted by Crippen LogP contribution is 2.16. The summed E-state index contributed by atoms with van der Waals surface area (Å²) in [5.74, 6) is -0.0844. The van der Waals surface area contributed by atoms with E-state index in [2.05, 4.69) is 27.8 Å². The molecule has 2 aromatic rings. The van der Waals surface area contributed by atoms with Crippen molar-refractivity contribution in [2.75, 3.05) is 6.54 Å². The summed E-state index contributed by atoms with van der Waals surface area (Å²) >= 11 is 3.39. The SMILES string of the molecule is C=C(CNC(=O)c1ccccc1)c1ccc(Br)cc1. The quantitative estimate of drug-likeness (QED) is 0.911. The molecule has 1 amide bonds. The average molecular weight is 316 g/mol. The summed E-state index contributed by atoms with van der Waals surface area (Å²) < 4.78 is 1.03. The van der Waals surface area contributed by atoms with Crippen LogP contribution in [0.4, 0.5) is 0 Å². The first-order chi connectivity index (χ1) is 9.16. The number of rotatable bonds is 4. The van der Waals surface area contributed by atoms with Gasteiger partial charge in [0.2, 0.25) is 0 Å². The summed E-state index contributed by atoms with van der Waals surface area (Å²) in [4.78, 5) is 11.9. The molecule has 0 spiro atoms. The van der Waals surface area contributed by atoms with Gasteiger partial charge in [-0.15, -0.1) is 0 Å². The van der Waals surface area contributed by atoms with Crippen molar-refractivity contribution in [3.63, 3.8) is 0 Å². The van der Waals surface area contributed by atoms with Gasteiger partial charge in [0, 0.05) is 16.6 Å². The van der Waals surface area contributed by atoms with Gasteiger partial charge >= 0.3 is 0 Å². The van der Waals surface area contributed by atoms with E-state index in [-0.39, 0.29) is 5.91 Å². The maximum atomic E-state index is 11.9. The minimum absolute atomic E-state index is 0.0844. The number of carbonyl (C=O) groups excluding carboxylic acids is 1. The second kappa shape index (κ2) is 6.34. The zero-order valence-electron chi connectivity index (χ0n) is 10.4. The van der Waals surface area contributed by atoms with Crippen LogP contribution < -0.4 is 5.32 Å². The lowest BCUT2D eigenvalue weighted by atomic mass is 10.1. The Morgan fingerprint density at radius 1 is 1.00 bits per heavy atom. The highest BCUT2D eigenvalue weighted by molar-refractivity contribution is 9.10. The molecule has 0 aliphatic rings. The largest absolute Gasteiger partial charge is 0.348 e. The highest BCUT2D eigenvalue weighted by atomic mass is 79.9. The Hall–Kier alpha value is -1.87. The van der Waals surface area contributed by atoms with Gasteiger partial charge in [-0.1, -0.05) is 52.8 Å². The van der Waals surface area contributed by atoms with Gasteiger partial charge in [-0.3, -0.25) is 4.79 Å². The molecule has 2 aromatic carbocycles. The molecule has 0 aliphatic carbocycles. The molecular formula is C16H14BrNO. The third-order valence-corrected chi connectivity index (χ3v) is 3.28. The topological polar surface area (TPSA) is 29.1 Å². The molecular weight excluding hydrogens is 302 g/mol. The predicted octanol–water partition coefficient (Wildman–Crippen LogP) is 3.89. The normalized spacial score (nSPS) is 9.95. The van der Waals surface area contributed by atoms with Crippen LogP contribution in [0.5, 0.6) is 0 Å². The molecule has 96 valence electrons. The van der Waals surface area contributed by atoms with Crippen molar-refractivity contribution in [3.8, 4) is 0 Å². The molecule has 0 unspecified atom stereocenters. The van der Waals surface area contributed by atoms with Gasteiger partial charge in [-0.2, -0.15) is 0 Å². The number of hydrogen-bond donors (Lipinski definition) is 1. The highest BCUT2D eigenvalue weighted by Gasteiger charge is 2.05. The van der Waals surface area contributed by atoms with Crippen molar-refractivity contribution in [1.29, 1.82) is 0 Å². The summed E-state index contributed by atoms with van der Waals surface area (Å²) in [5, 5.41) is 2.86. The fourth-order valence-corrected chi connectivity index (χ4v) is 1.93. The van der Waals surface area contributed by atoms with Gasteiger partial charge < -0.3 is 5.32 Å². The molecule has 0 aromatic heterocycles. The third-order valence-electron chi connectivity index (χ3n) is 2.75. The lowest BCUT2D eigenvalue weighted by Gasteiger charge is -2.08.